The van der Waals surface area contributed by atoms with Crippen LogP contribution in [0.25, 0.3) is 0 Å². The lowest BCUT2D eigenvalue weighted by atomic mass is 10.0. The molecule has 28 heavy (non-hydrogen) atoms. The van der Waals surface area contributed by atoms with Crippen LogP contribution in [0.3, 0.4) is 0 Å². The second kappa shape index (κ2) is 8.53. The molecule has 0 bridgehead atoms. The molecule has 1 saturated heterocycles. The number of aromatic nitrogens is 3. The number of aryl methyl sites for hydroxylation is 1. The molecule has 0 aliphatic carbocycles. The molecule has 1 aliphatic rings. The number of likely N-dealkylation sites (tertiary alicyclic amines) is 1. The number of hydrogen-bond donors (Lipinski definition) is 2. The number of benzene rings is 1. The highest BCUT2D eigenvalue weighted by molar-refractivity contribution is 7.17. The number of nitrogens with zero attached hydrogens (tertiary/aromatic N) is 4. The summed E-state index contributed by atoms with van der Waals surface area (Å²) in [6.45, 7) is 2.96. The number of carbonyl (C=O) groups is 1. The number of rotatable bonds is 6. The molecule has 7 nitrogen and oxygen atoms in total. The highest BCUT2D eigenvalue weighted by Gasteiger charge is 2.22. The summed E-state index contributed by atoms with van der Waals surface area (Å²) in [5, 5.41) is 11.1. The molecule has 3 aromatic rings. The Labute approximate surface area is 168 Å². The van der Waals surface area contributed by atoms with Crippen molar-refractivity contribution in [2.24, 2.45) is 7.05 Å². The Morgan fingerprint density at radius 2 is 2.00 bits per heavy atom. The molecule has 1 aliphatic heterocycles. The van der Waals surface area contributed by atoms with Crippen LogP contribution in [-0.4, -0.2) is 44.7 Å². The molecular weight excluding hydrogens is 372 g/mol. The zero-order valence-electron chi connectivity index (χ0n) is 15.8. The van der Waals surface area contributed by atoms with Crippen molar-refractivity contribution in [2.75, 3.05) is 18.4 Å². The summed E-state index contributed by atoms with van der Waals surface area (Å²) in [4.78, 5) is 19.9. The van der Waals surface area contributed by atoms with Crippen molar-refractivity contribution < 1.29 is 4.79 Å². The van der Waals surface area contributed by atoms with Gasteiger partial charge >= 0.3 is 0 Å². The van der Waals surface area contributed by atoms with Crippen molar-refractivity contribution in [3.05, 3.63) is 59.2 Å². The van der Waals surface area contributed by atoms with Crippen LogP contribution in [0.4, 0.5) is 10.9 Å². The summed E-state index contributed by atoms with van der Waals surface area (Å²) in [6.07, 6.45) is 5.28. The topological polar surface area (TPSA) is 75.1 Å². The van der Waals surface area contributed by atoms with E-state index >= 15 is 0 Å². The highest BCUT2D eigenvalue weighted by atomic mass is 32.1. The van der Waals surface area contributed by atoms with Gasteiger partial charge in [0.2, 0.25) is 0 Å². The molecule has 0 unspecified atom stereocenters. The quantitative estimate of drug-likeness (QED) is 0.670. The molecule has 1 amide bonds. The molecule has 0 spiro atoms. The first kappa shape index (κ1) is 18.6. The number of nitrogens with one attached hydrogen (secondary N) is 2. The van der Waals surface area contributed by atoms with Crippen LogP contribution in [0.5, 0.6) is 0 Å². The van der Waals surface area contributed by atoms with Crippen LogP contribution in [-0.2, 0) is 13.6 Å². The number of hydrogen-bond acceptors (Lipinski definition) is 6. The fourth-order valence-electron chi connectivity index (χ4n) is 3.38. The lowest BCUT2D eigenvalue weighted by molar-refractivity contribution is 0.0913. The van der Waals surface area contributed by atoms with Gasteiger partial charge in [-0.2, -0.15) is 5.10 Å². The largest absolute Gasteiger partial charge is 0.348 e. The molecular formula is C20H24N6OS. The van der Waals surface area contributed by atoms with Gasteiger partial charge < -0.3 is 10.6 Å². The van der Waals surface area contributed by atoms with Crippen LogP contribution in [0, 0.1) is 0 Å². The SMILES string of the molecule is Cn1nccc1Nc1ncc(C(=O)NC2CCN(Cc3ccccc3)CC2)s1. The van der Waals surface area contributed by atoms with E-state index in [-0.39, 0.29) is 11.9 Å². The van der Waals surface area contributed by atoms with E-state index in [0.29, 0.717) is 10.0 Å². The molecule has 0 saturated carbocycles. The average Bonchev–Trinajstić information content (AvgIpc) is 3.34. The third-order valence-electron chi connectivity index (χ3n) is 4.96. The molecule has 2 N–H and O–H groups in total. The Bertz CT molecular complexity index is 914. The highest BCUT2D eigenvalue weighted by Crippen LogP contribution is 2.22. The Morgan fingerprint density at radius 1 is 1.21 bits per heavy atom. The minimum atomic E-state index is -0.0444. The summed E-state index contributed by atoms with van der Waals surface area (Å²) in [7, 11) is 1.85. The van der Waals surface area contributed by atoms with Crippen molar-refractivity contribution in [1.82, 2.24) is 25.0 Å². The van der Waals surface area contributed by atoms with Crippen molar-refractivity contribution in [3.8, 4) is 0 Å². The molecule has 1 aromatic carbocycles. The number of thiazole rings is 1. The fraction of sp³-hybridized carbons (Fsp3) is 0.350. The summed E-state index contributed by atoms with van der Waals surface area (Å²) < 4.78 is 1.73. The lowest BCUT2D eigenvalue weighted by Crippen LogP contribution is -2.44. The smallest absolute Gasteiger partial charge is 0.263 e. The zero-order valence-corrected chi connectivity index (χ0v) is 16.7. The van der Waals surface area contributed by atoms with Gasteiger partial charge in [-0.25, -0.2) is 4.98 Å². The van der Waals surface area contributed by atoms with Crippen molar-refractivity contribution in [2.45, 2.75) is 25.4 Å². The Hall–Kier alpha value is -2.71. The summed E-state index contributed by atoms with van der Waals surface area (Å²) in [5.74, 6) is 0.796. The van der Waals surface area contributed by atoms with Crippen LogP contribution in [0.1, 0.15) is 28.1 Å². The maximum absolute atomic E-state index is 12.6. The van der Waals surface area contributed by atoms with Gasteiger partial charge in [0.25, 0.3) is 5.91 Å². The van der Waals surface area contributed by atoms with Gasteiger partial charge in [0.15, 0.2) is 5.13 Å². The van der Waals surface area contributed by atoms with E-state index in [1.807, 2.05) is 19.2 Å². The molecule has 0 radical (unpaired) electrons. The number of carbonyl (C=O) groups excluding carboxylic acids is 1. The zero-order chi connectivity index (χ0) is 19.3. The third-order valence-corrected chi connectivity index (χ3v) is 5.87. The van der Waals surface area contributed by atoms with Crippen LogP contribution in [0.2, 0.25) is 0 Å². The second-order valence-corrected chi connectivity index (χ2v) is 8.03. The van der Waals surface area contributed by atoms with Crippen LogP contribution >= 0.6 is 11.3 Å². The second-order valence-electron chi connectivity index (χ2n) is 7.00. The van der Waals surface area contributed by atoms with Gasteiger partial charge in [-0.1, -0.05) is 41.7 Å². The number of piperidine rings is 1. The van der Waals surface area contributed by atoms with E-state index in [0.717, 1.165) is 38.3 Å². The maximum Gasteiger partial charge on any atom is 0.263 e. The van der Waals surface area contributed by atoms with Gasteiger partial charge in [0.1, 0.15) is 10.7 Å². The number of anilines is 2. The lowest BCUT2D eigenvalue weighted by Gasteiger charge is -2.32. The van der Waals surface area contributed by atoms with Gasteiger partial charge in [-0.05, 0) is 18.4 Å². The third kappa shape index (κ3) is 4.58. The van der Waals surface area contributed by atoms with E-state index in [9.17, 15) is 4.79 Å². The van der Waals surface area contributed by atoms with E-state index in [4.69, 9.17) is 0 Å². The van der Waals surface area contributed by atoms with Gasteiger partial charge in [-0.3, -0.25) is 14.4 Å². The van der Waals surface area contributed by atoms with Crippen molar-refractivity contribution >= 4 is 28.2 Å². The van der Waals surface area contributed by atoms with Crippen molar-refractivity contribution in [3.63, 3.8) is 0 Å². The summed E-state index contributed by atoms with van der Waals surface area (Å²) in [5.41, 5.74) is 1.34. The minimum absolute atomic E-state index is 0.0444. The first-order valence-corrected chi connectivity index (χ1v) is 10.3. The van der Waals surface area contributed by atoms with Gasteiger partial charge in [0, 0.05) is 38.8 Å². The first-order chi connectivity index (χ1) is 13.7. The minimum Gasteiger partial charge on any atom is -0.348 e. The summed E-state index contributed by atoms with van der Waals surface area (Å²) >= 11 is 1.35. The Balaban J connectivity index is 1.26. The standard InChI is InChI=1S/C20H24N6OS/c1-25-18(7-10-22-25)24-20-21-13-17(28-20)19(27)23-16-8-11-26(12-9-16)14-15-5-3-2-4-6-15/h2-7,10,13,16H,8-9,11-12,14H2,1H3,(H,21,24)(H,23,27). The predicted octanol–water partition coefficient (Wildman–Crippen LogP) is 3.01. The average molecular weight is 397 g/mol. The molecule has 146 valence electrons. The van der Waals surface area contributed by atoms with E-state index < -0.39 is 0 Å². The maximum atomic E-state index is 12.6. The van der Waals surface area contributed by atoms with E-state index in [2.05, 4.69) is 49.9 Å². The molecule has 8 heteroatoms. The summed E-state index contributed by atoms with van der Waals surface area (Å²) in [6, 6.07) is 12.6. The van der Waals surface area contributed by atoms with E-state index in [1.54, 1.807) is 17.1 Å². The fourth-order valence-corrected chi connectivity index (χ4v) is 4.10. The molecule has 2 aromatic heterocycles. The Morgan fingerprint density at radius 3 is 2.71 bits per heavy atom. The molecule has 0 atom stereocenters. The van der Waals surface area contributed by atoms with Gasteiger partial charge in [0.05, 0.1) is 12.4 Å². The monoisotopic (exact) mass is 396 g/mol. The Kier molecular flexibility index (Phi) is 5.68. The first-order valence-electron chi connectivity index (χ1n) is 9.45. The normalized spacial score (nSPS) is 15.5. The molecule has 4 rings (SSSR count). The predicted molar refractivity (Wildman–Crippen MR) is 111 cm³/mol. The van der Waals surface area contributed by atoms with E-state index in [1.165, 1.54) is 16.9 Å². The van der Waals surface area contributed by atoms with Gasteiger partial charge in [-0.15, -0.1) is 0 Å². The molecule has 1 fully saturated rings. The van der Waals surface area contributed by atoms with Crippen LogP contribution in [0.15, 0.2) is 48.8 Å². The van der Waals surface area contributed by atoms with Crippen LogP contribution < -0.4 is 10.6 Å². The van der Waals surface area contributed by atoms with Crippen molar-refractivity contribution in [1.29, 1.82) is 0 Å². The number of amides is 1. The molecule has 3 heterocycles.